The smallest absolute Gasteiger partial charge is 0.306 e. The molecule has 3 N–H and O–H groups in total. The summed E-state index contributed by atoms with van der Waals surface area (Å²) >= 11 is 1.50. The van der Waals surface area contributed by atoms with Crippen molar-refractivity contribution in [2.45, 2.75) is 44.5 Å². The fraction of sp³-hybridized carbons (Fsp3) is 0.818. The summed E-state index contributed by atoms with van der Waals surface area (Å²) in [7, 11) is 0. The van der Waals surface area contributed by atoms with Crippen LogP contribution in [0.1, 0.15) is 34.1 Å². The molecule has 0 saturated heterocycles. The van der Waals surface area contributed by atoms with Gasteiger partial charge in [0.05, 0.1) is 17.8 Å². The molecule has 0 rings (SSSR count). The summed E-state index contributed by atoms with van der Waals surface area (Å²) in [5, 5.41) is 20.7. The van der Waals surface area contributed by atoms with E-state index in [0.29, 0.717) is 5.75 Å². The summed E-state index contributed by atoms with van der Waals surface area (Å²) < 4.78 is 0.000915. The highest BCUT2D eigenvalue weighted by molar-refractivity contribution is 8.01. The number of thioether (sulfide) groups is 1. The molecule has 17 heavy (non-hydrogen) atoms. The summed E-state index contributed by atoms with van der Waals surface area (Å²) in [5.74, 6) is -0.990. The van der Waals surface area contributed by atoms with Gasteiger partial charge in [0.15, 0.2) is 0 Å². The van der Waals surface area contributed by atoms with E-state index in [1.165, 1.54) is 18.7 Å². The SMILES string of the molecule is CC(O)(CNC(=O)CSC(C)(C)C)CC(=O)O. The van der Waals surface area contributed by atoms with E-state index in [0.717, 1.165) is 0 Å². The Labute approximate surface area is 106 Å². The van der Waals surface area contributed by atoms with E-state index in [9.17, 15) is 14.7 Å². The lowest BCUT2D eigenvalue weighted by atomic mass is 10.0. The molecule has 0 fully saturated rings. The van der Waals surface area contributed by atoms with E-state index in [4.69, 9.17) is 5.11 Å². The predicted octanol–water partition coefficient (Wildman–Crippen LogP) is 0.860. The summed E-state index contributed by atoms with van der Waals surface area (Å²) in [6, 6.07) is 0. The molecule has 0 aliphatic rings. The quantitative estimate of drug-likeness (QED) is 0.661. The third-order valence-corrected chi connectivity index (χ3v) is 3.11. The van der Waals surface area contributed by atoms with E-state index in [-0.39, 0.29) is 23.6 Å². The Bertz CT molecular complexity index is 284. The lowest BCUT2D eigenvalue weighted by Gasteiger charge is -2.22. The van der Waals surface area contributed by atoms with E-state index >= 15 is 0 Å². The molecule has 0 aromatic rings. The van der Waals surface area contributed by atoms with Crippen LogP contribution in [0.3, 0.4) is 0 Å². The van der Waals surface area contributed by atoms with Crippen molar-refractivity contribution in [1.29, 1.82) is 0 Å². The Hall–Kier alpha value is -0.750. The summed E-state index contributed by atoms with van der Waals surface area (Å²) in [6.07, 6.45) is -0.389. The number of carbonyl (C=O) groups excluding carboxylic acids is 1. The van der Waals surface area contributed by atoms with Crippen molar-refractivity contribution < 1.29 is 19.8 Å². The summed E-state index contributed by atoms with van der Waals surface area (Å²) in [4.78, 5) is 21.9. The molecule has 0 bridgehead atoms. The van der Waals surface area contributed by atoms with Gasteiger partial charge in [-0.05, 0) is 6.92 Å². The van der Waals surface area contributed by atoms with E-state index in [1.54, 1.807) is 0 Å². The highest BCUT2D eigenvalue weighted by Crippen LogP contribution is 2.22. The van der Waals surface area contributed by atoms with E-state index in [1.807, 2.05) is 20.8 Å². The van der Waals surface area contributed by atoms with Gasteiger partial charge in [-0.15, -0.1) is 11.8 Å². The average molecular weight is 263 g/mol. The fourth-order valence-corrected chi connectivity index (χ4v) is 1.68. The number of carbonyl (C=O) groups is 2. The van der Waals surface area contributed by atoms with Crippen LogP contribution in [0.15, 0.2) is 0 Å². The molecule has 0 aromatic heterocycles. The zero-order chi connectivity index (χ0) is 13.7. The number of aliphatic carboxylic acids is 1. The Balaban J connectivity index is 3.95. The molecule has 0 aromatic carbocycles. The van der Waals surface area contributed by atoms with Crippen LogP contribution in [0, 0.1) is 0 Å². The maximum absolute atomic E-state index is 11.4. The van der Waals surface area contributed by atoms with Crippen molar-refractivity contribution in [3.05, 3.63) is 0 Å². The first-order valence-electron chi connectivity index (χ1n) is 5.37. The van der Waals surface area contributed by atoms with Gasteiger partial charge < -0.3 is 15.5 Å². The Morgan fingerprint density at radius 1 is 1.24 bits per heavy atom. The molecule has 6 heteroatoms. The molecular weight excluding hydrogens is 242 g/mol. The number of nitrogens with one attached hydrogen (secondary N) is 1. The van der Waals surface area contributed by atoms with Gasteiger partial charge in [-0.25, -0.2) is 0 Å². The van der Waals surface area contributed by atoms with Crippen molar-refractivity contribution >= 4 is 23.6 Å². The zero-order valence-electron chi connectivity index (χ0n) is 10.7. The molecule has 0 heterocycles. The number of rotatable bonds is 6. The van der Waals surface area contributed by atoms with Gasteiger partial charge in [-0.3, -0.25) is 9.59 Å². The predicted molar refractivity (Wildman–Crippen MR) is 68.1 cm³/mol. The first-order valence-corrected chi connectivity index (χ1v) is 6.35. The van der Waals surface area contributed by atoms with Crippen molar-refractivity contribution in [2.24, 2.45) is 0 Å². The summed E-state index contributed by atoms with van der Waals surface area (Å²) in [5.41, 5.74) is -1.41. The maximum atomic E-state index is 11.4. The number of hydrogen-bond donors (Lipinski definition) is 3. The minimum Gasteiger partial charge on any atom is -0.481 e. The van der Waals surface area contributed by atoms with Crippen LogP contribution in [0.25, 0.3) is 0 Å². The average Bonchev–Trinajstić information content (AvgIpc) is 2.08. The van der Waals surface area contributed by atoms with Gasteiger partial charge in [0.1, 0.15) is 0 Å². The maximum Gasteiger partial charge on any atom is 0.306 e. The second kappa shape index (κ2) is 6.26. The minimum atomic E-state index is -1.41. The topological polar surface area (TPSA) is 86.6 Å². The number of amides is 1. The lowest BCUT2D eigenvalue weighted by molar-refractivity contribution is -0.142. The van der Waals surface area contributed by atoms with Gasteiger partial charge in [-0.2, -0.15) is 0 Å². The van der Waals surface area contributed by atoms with Gasteiger partial charge in [0.2, 0.25) is 5.91 Å². The van der Waals surface area contributed by atoms with Crippen LogP contribution in [0.4, 0.5) is 0 Å². The fourth-order valence-electron chi connectivity index (χ4n) is 1.01. The van der Waals surface area contributed by atoms with Gasteiger partial charge in [0, 0.05) is 11.3 Å². The third-order valence-electron chi connectivity index (χ3n) is 1.83. The van der Waals surface area contributed by atoms with Gasteiger partial charge in [0.25, 0.3) is 0 Å². The molecule has 5 nitrogen and oxygen atoms in total. The summed E-state index contributed by atoms with van der Waals surface area (Å²) in [6.45, 7) is 7.35. The largest absolute Gasteiger partial charge is 0.481 e. The van der Waals surface area contributed by atoms with Crippen molar-refractivity contribution in [3.63, 3.8) is 0 Å². The van der Waals surface area contributed by atoms with Crippen molar-refractivity contribution in [1.82, 2.24) is 5.32 Å². The first kappa shape index (κ1) is 16.2. The number of hydrogen-bond acceptors (Lipinski definition) is 4. The molecule has 1 unspecified atom stereocenters. The van der Waals surface area contributed by atoms with Crippen molar-refractivity contribution in [2.75, 3.05) is 12.3 Å². The first-order chi connectivity index (χ1) is 7.52. The standard InChI is InChI=1S/C11H21NO4S/c1-10(2,3)17-6-8(13)12-7-11(4,16)5-9(14)15/h16H,5-7H2,1-4H3,(H,12,13)(H,14,15). The van der Waals surface area contributed by atoms with E-state index in [2.05, 4.69) is 5.32 Å². The van der Waals surface area contributed by atoms with Gasteiger partial charge >= 0.3 is 5.97 Å². The molecule has 0 aliphatic heterocycles. The molecule has 0 spiro atoms. The molecule has 0 saturated carbocycles. The van der Waals surface area contributed by atoms with Crippen LogP contribution in [-0.2, 0) is 9.59 Å². The normalized spacial score (nSPS) is 15.1. The minimum absolute atomic E-state index is 0.000915. The molecule has 1 atom stereocenters. The number of carboxylic acids is 1. The van der Waals surface area contributed by atoms with Crippen LogP contribution in [0.5, 0.6) is 0 Å². The van der Waals surface area contributed by atoms with E-state index < -0.39 is 11.6 Å². The second-order valence-electron chi connectivity index (χ2n) is 5.25. The number of aliphatic hydroxyl groups is 1. The van der Waals surface area contributed by atoms with Crippen LogP contribution in [0.2, 0.25) is 0 Å². The Kier molecular flexibility index (Phi) is 5.98. The van der Waals surface area contributed by atoms with Crippen molar-refractivity contribution in [3.8, 4) is 0 Å². The Morgan fingerprint density at radius 3 is 2.18 bits per heavy atom. The molecule has 100 valence electrons. The van der Waals surface area contributed by atoms with Gasteiger partial charge in [-0.1, -0.05) is 20.8 Å². The lowest BCUT2D eigenvalue weighted by Crippen LogP contribution is -2.42. The molecular formula is C11H21NO4S. The van der Waals surface area contributed by atoms with Crippen LogP contribution >= 0.6 is 11.8 Å². The molecule has 1 amide bonds. The highest BCUT2D eigenvalue weighted by atomic mass is 32.2. The molecule has 0 radical (unpaired) electrons. The highest BCUT2D eigenvalue weighted by Gasteiger charge is 2.25. The third kappa shape index (κ3) is 10.1. The monoisotopic (exact) mass is 263 g/mol. The van der Waals surface area contributed by atoms with Crippen LogP contribution in [-0.4, -0.2) is 44.7 Å². The molecule has 0 aliphatic carbocycles. The Morgan fingerprint density at radius 2 is 1.76 bits per heavy atom. The number of carboxylic acid groups (broad SMARTS) is 1. The second-order valence-corrected chi connectivity index (χ2v) is 7.05. The van der Waals surface area contributed by atoms with Crippen LogP contribution < -0.4 is 5.32 Å². The zero-order valence-corrected chi connectivity index (χ0v) is 11.6.